The van der Waals surface area contributed by atoms with Gasteiger partial charge in [-0.2, -0.15) is 0 Å². The number of nitrogens with two attached hydrogens (primary N) is 1. The summed E-state index contributed by atoms with van der Waals surface area (Å²) >= 11 is 1.31. The van der Waals surface area contributed by atoms with Gasteiger partial charge in [0.05, 0.1) is 17.6 Å². The van der Waals surface area contributed by atoms with E-state index in [1.165, 1.54) is 11.3 Å². The molecule has 4 rings (SSSR count). The first-order valence-electron chi connectivity index (χ1n) is 8.98. The highest BCUT2D eigenvalue weighted by molar-refractivity contribution is 7.17. The van der Waals surface area contributed by atoms with Crippen LogP contribution < -0.4 is 16.0 Å². The molecule has 1 aromatic carbocycles. The largest absolute Gasteiger partial charge is 0.370 e. The number of carbonyl (C=O) groups excluding carboxylic acids is 2. The Hall–Kier alpha value is -3.26. The second-order valence-corrected chi connectivity index (χ2v) is 7.54. The van der Waals surface area contributed by atoms with E-state index < -0.39 is 5.91 Å². The molecule has 2 amide bonds. The Morgan fingerprint density at radius 3 is 2.57 bits per heavy atom. The number of primary amides is 1. The minimum Gasteiger partial charge on any atom is -0.370 e. The third kappa shape index (κ3) is 3.72. The van der Waals surface area contributed by atoms with Crippen molar-refractivity contribution in [3.63, 3.8) is 0 Å². The van der Waals surface area contributed by atoms with E-state index in [2.05, 4.69) is 20.2 Å². The minimum absolute atomic E-state index is 0.264. The monoisotopic (exact) mass is 393 g/mol. The van der Waals surface area contributed by atoms with Gasteiger partial charge in [-0.15, -0.1) is 11.3 Å². The van der Waals surface area contributed by atoms with Crippen LogP contribution in [0.1, 0.15) is 32.9 Å². The Morgan fingerprint density at radius 2 is 1.86 bits per heavy atom. The summed E-state index contributed by atoms with van der Waals surface area (Å²) in [6.45, 7) is 1.84. The Balaban J connectivity index is 1.61. The van der Waals surface area contributed by atoms with Gasteiger partial charge in [0, 0.05) is 36.6 Å². The summed E-state index contributed by atoms with van der Waals surface area (Å²) in [5.74, 6) is -0.791. The van der Waals surface area contributed by atoms with Gasteiger partial charge < -0.3 is 16.0 Å². The van der Waals surface area contributed by atoms with Crippen molar-refractivity contribution in [3.05, 3.63) is 59.4 Å². The summed E-state index contributed by atoms with van der Waals surface area (Å²) < 4.78 is 0. The van der Waals surface area contributed by atoms with Crippen molar-refractivity contribution < 1.29 is 9.59 Å². The summed E-state index contributed by atoms with van der Waals surface area (Å²) in [4.78, 5) is 35.4. The number of nitrogens with one attached hydrogen (secondary N) is 1. The lowest BCUT2D eigenvalue weighted by molar-refractivity contribution is 0.0996. The van der Waals surface area contributed by atoms with Crippen molar-refractivity contribution >= 4 is 34.5 Å². The molecule has 0 unspecified atom stereocenters. The average Bonchev–Trinajstić information content (AvgIpc) is 3.41. The summed E-state index contributed by atoms with van der Waals surface area (Å²) in [6, 6.07) is 8.87. The molecule has 0 radical (unpaired) electrons. The number of hydrogen-bond donors (Lipinski definition) is 2. The fourth-order valence-electron chi connectivity index (χ4n) is 3.21. The molecule has 142 valence electrons. The van der Waals surface area contributed by atoms with Crippen molar-refractivity contribution in [3.8, 4) is 10.6 Å². The molecule has 28 heavy (non-hydrogen) atoms. The van der Waals surface area contributed by atoms with E-state index in [1.54, 1.807) is 30.7 Å². The highest BCUT2D eigenvalue weighted by Crippen LogP contribution is 2.31. The van der Waals surface area contributed by atoms with Crippen LogP contribution in [0.25, 0.3) is 10.6 Å². The Morgan fingerprint density at radius 1 is 1.11 bits per heavy atom. The fourth-order valence-corrected chi connectivity index (χ4v) is 4.03. The highest BCUT2D eigenvalue weighted by Gasteiger charge is 2.20. The van der Waals surface area contributed by atoms with Gasteiger partial charge in [0.1, 0.15) is 9.88 Å². The van der Waals surface area contributed by atoms with Gasteiger partial charge in [-0.1, -0.05) is 0 Å². The molecular formula is C20H19N5O2S. The number of thiazole rings is 1. The zero-order valence-corrected chi connectivity index (χ0v) is 15.9. The topological polar surface area (TPSA) is 101 Å². The van der Waals surface area contributed by atoms with Crippen LogP contribution in [0.4, 0.5) is 11.4 Å². The molecule has 0 spiro atoms. The number of carbonyl (C=O) groups is 2. The van der Waals surface area contributed by atoms with Gasteiger partial charge in [-0.3, -0.25) is 14.6 Å². The second-order valence-electron chi connectivity index (χ2n) is 6.51. The van der Waals surface area contributed by atoms with Crippen molar-refractivity contribution in [1.82, 2.24) is 9.97 Å². The van der Waals surface area contributed by atoms with Gasteiger partial charge >= 0.3 is 0 Å². The molecule has 3 heterocycles. The van der Waals surface area contributed by atoms with Gasteiger partial charge in [0.25, 0.3) is 5.91 Å². The summed E-state index contributed by atoms with van der Waals surface area (Å²) in [5.41, 5.74) is 8.17. The van der Waals surface area contributed by atoms with Crippen molar-refractivity contribution in [2.24, 2.45) is 5.73 Å². The molecule has 1 aliphatic rings. The zero-order chi connectivity index (χ0) is 19.5. The van der Waals surface area contributed by atoms with Crippen LogP contribution in [0.2, 0.25) is 0 Å². The number of rotatable bonds is 5. The molecule has 8 heteroatoms. The first-order valence-corrected chi connectivity index (χ1v) is 9.80. The summed E-state index contributed by atoms with van der Waals surface area (Å²) in [7, 11) is 0. The van der Waals surface area contributed by atoms with Crippen LogP contribution in [0, 0.1) is 0 Å². The number of amides is 2. The number of nitrogens with zero attached hydrogens (tertiary/aromatic N) is 3. The summed E-state index contributed by atoms with van der Waals surface area (Å²) in [6.07, 6.45) is 7.15. The van der Waals surface area contributed by atoms with E-state index in [0.29, 0.717) is 16.1 Å². The van der Waals surface area contributed by atoms with E-state index in [9.17, 15) is 9.59 Å². The molecule has 3 N–H and O–H groups in total. The quantitative estimate of drug-likeness (QED) is 0.693. The maximum Gasteiger partial charge on any atom is 0.267 e. The van der Waals surface area contributed by atoms with E-state index in [4.69, 9.17) is 5.73 Å². The molecule has 7 nitrogen and oxygen atoms in total. The SMILES string of the molecule is NC(=O)c1ccc(N2CCCC2)c(NC(=O)c2cnc(-c3ccncc3)s2)c1. The van der Waals surface area contributed by atoms with Gasteiger partial charge in [0.2, 0.25) is 5.91 Å². The first-order chi connectivity index (χ1) is 13.6. The Labute approximate surface area is 166 Å². The first kappa shape index (κ1) is 18.1. The minimum atomic E-state index is -0.527. The number of anilines is 2. The maximum absolute atomic E-state index is 12.8. The number of benzene rings is 1. The maximum atomic E-state index is 12.8. The zero-order valence-electron chi connectivity index (χ0n) is 15.1. The van der Waals surface area contributed by atoms with Crippen molar-refractivity contribution in [1.29, 1.82) is 0 Å². The van der Waals surface area contributed by atoms with Gasteiger partial charge in [-0.05, 0) is 43.2 Å². The predicted octanol–water partition coefficient (Wildman–Crippen LogP) is 3.16. The molecule has 3 aromatic rings. The van der Waals surface area contributed by atoms with E-state index in [0.717, 1.165) is 42.2 Å². The number of pyridine rings is 1. The van der Waals surface area contributed by atoms with Crippen LogP contribution >= 0.6 is 11.3 Å². The van der Waals surface area contributed by atoms with Crippen molar-refractivity contribution in [2.75, 3.05) is 23.3 Å². The van der Waals surface area contributed by atoms with E-state index in [-0.39, 0.29) is 5.91 Å². The third-order valence-electron chi connectivity index (χ3n) is 4.63. The molecule has 0 aliphatic carbocycles. The van der Waals surface area contributed by atoms with Crippen LogP contribution in [0.15, 0.2) is 48.9 Å². The van der Waals surface area contributed by atoms with Crippen LogP contribution in [-0.2, 0) is 0 Å². The lowest BCUT2D eigenvalue weighted by Gasteiger charge is -2.22. The Kier molecular flexibility index (Phi) is 5.03. The van der Waals surface area contributed by atoms with Crippen molar-refractivity contribution in [2.45, 2.75) is 12.8 Å². The molecule has 0 saturated carbocycles. The third-order valence-corrected chi connectivity index (χ3v) is 5.68. The number of hydrogen-bond acceptors (Lipinski definition) is 6. The lowest BCUT2D eigenvalue weighted by atomic mass is 10.1. The van der Waals surface area contributed by atoms with E-state index in [1.807, 2.05) is 18.2 Å². The molecule has 2 aromatic heterocycles. The molecule has 1 saturated heterocycles. The molecule has 0 bridgehead atoms. The van der Waals surface area contributed by atoms with Crippen LogP contribution in [0.3, 0.4) is 0 Å². The average molecular weight is 393 g/mol. The molecular weight excluding hydrogens is 374 g/mol. The van der Waals surface area contributed by atoms with E-state index >= 15 is 0 Å². The number of aromatic nitrogens is 2. The molecule has 1 aliphatic heterocycles. The molecule has 1 fully saturated rings. The molecule has 0 atom stereocenters. The van der Waals surface area contributed by atoms with Crippen LogP contribution in [0.5, 0.6) is 0 Å². The highest BCUT2D eigenvalue weighted by atomic mass is 32.1. The van der Waals surface area contributed by atoms with Crippen LogP contribution in [-0.4, -0.2) is 34.9 Å². The van der Waals surface area contributed by atoms with Gasteiger partial charge in [-0.25, -0.2) is 4.98 Å². The standard InChI is InChI=1S/C20H19N5O2S/c21-18(26)14-3-4-16(25-9-1-2-10-25)15(11-14)24-19(27)17-12-23-20(28-17)13-5-7-22-8-6-13/h3-8,11-12H,1-2,9-10H2,(H2,21,26)(H,24,27). The lowest BCUT2D eigenvalue weighted by Crippen LogP contribution is -2.22. The fraction of sp³-hybridized carbons (Fsp3) is 0.200. The van der Waals surface area contributed by atoms with Gasteiger partial charge in [0.15, 0.2) is 0 Å². The smallest absolute Gasteiger partial charge is 0.267 e. The predicted molar refractivity (Wildman–Crippen MR) is 110 cm³/mol. The second kappa shape index (κ2) is 7.77. The Bertz CT molecular complexity index is 1010. The normalized spacial score (nSPS) is 13.5. The summed E-state index contributed by atoms with van der Waals surface area (Å²) in [5, 5.41) is 3.68.